The maximum Gasteiger partial charge on any atom is 0.0863 e. The van der Waals surface area contributed by atoms with Gasteiger partial charge < -0.3 is 4.74 Å². The molecule has 1 atom stereocenters. The number of nitriles is 1. The van der Waals surface area contributed by atoms with E-state index in [1.807, 2.05) is 19.3 Å². The molecule has 1 aromatic heterocycles. The lowest BCUT2D eigenvalue weighted by atomic mass is 9.80. The molecule has 0 aliphatic carbocycles. The minimum atomic E-state index is -0.355. The van der Waals surface area contributed by atoms with Crippen molar-refractivity contribution < 1.29 is 4.74 Å². The van der Waals surface area contributed by atoms with E-state index in [4.69, 9.17) is 4.74 Å². The van der Waals surface area contributed by atoms with Gasteiger partial charge in [-0.05, 0) is 18.9 Å². The maximum atomic E-state index is 9.25. The number of ether oxygens (including phenoxy) is 1. The van der Waals surface area contributed by atoms with Crippen molar-refractivity contribution in [3.05, 3.63) is 18.0 Å². The van der Waals surface area contributed by atoms with Crippen LogP contribution in [0.25, 0.3) is 0 Å². The Morgan fingerprint density at radius 2 is 2.60 bits per heavy atom. The van der Waals surface area contributed by atoms with Gasteiger partial charge in [-0.15, -0.1) is 0 Å². The summed E-state index contributed by atoms with van der Waals surface area (Å²) in [4.78, 5) is 0. The predicted octanol–water partition coefficient (Wildman–Crippen LogP) is 1.28. The van der Waals surface area contributed by atoms with Crippen LogP contribution in [-0.4, -0.2) is 23.0 Å². The zero-order chi connectivity index (χ0) is 10.7. The van der Waals surface area contributed by atoms with Crippen molar-refractivity contribution in [2.45, 2.75) is 19.3 Å². The molecular weight excluding hydrogens is 190 g/mol. The molecule has 0 bridgehead atoms. The Bertz CT molecular complexity index is 371. The quantitative estimate of drug-likeness (QED) is 0.730. The monoisotopic (exact) mass is 205 g/mol. The van der Waals surface area contributed by atoms with E-state index in [-0.39, 0.29) is 5.41 Å². The molecule has 2 rings (SSSR count). The van der Waals surface area contributed by atoms with Gasteiger partial charge in [-0.25, -0.2) is 0 Å². The number of aryl methyl sites for hydroxylation is 1. The molecule has 0 N–H and O–H groups in total. The first kappa shape index (κ1) is 10.2. The van der Waals surface area contributed by atoms with Gasteiger partial charge in [0.25, 0.3) is 0 Å². The smallest absolute Gasteiger partial charge is 0.0863 e. The third-order valence-corrected chi connectivity index (χ3v) is 2.85. The van der Waals surface area contributed by atoms with Crippen LogP contribution in [-0.2, 0) is 18.2 Å². The number of nitrogens with zero attached hydrogens (tertiary/aromatic N) is 3. The molecule has 1 fully saturated rings. The molecule has 80 valence electrons. The van der Waals surface area contributed by atoms with E-state index in [0.29, 0.717) is 13.0 Å². The first-order valence-electron chi connectivity index (χ1n) is 5.22. The average Bonchev–Trinajstić information content (AvgIpc) is 2.65. The number of hydrogen-bond acceptors (Lipinski definition) is 3. The number of aromatic nitrogens is 2. The predicted molar refractivity (Wildman–Crippen MR) is 55.0 cm³/mol. The van der Waals surface area contributed by atoms with E-state index in [0.717, 1.165) is 25.1 Å². The molecular formula is C11H15N3O. The second-order valence-corrected chi connectivity index (χ2v) is 4.21. The maximum absolute atomic E-state index is 9.25. The van der Waals surface area contributed by atoms with Crippen molar-refractivity contribution in [2.24, 2.45) is 12.5 Å². The summed E-state index contributed by atoms with van der Waals surface area (Å²) in [5.41, 5.74) is 0.622. The van der Waals surface area contributed by atoms with Crippen LogP contribution in [0.2, 0.25) is 0 Å². The van der Waals surface area contributed by atoms with Gasteiger partial charge in [-0.3, -0.25) is 4.68 Å². The molecule has 1 aliphatic rings. The van der Waals surface area contributed by atoms with Gasteiger partial charge in [0.05, 0.1) is 23.8 Å². The fourth-order valence-corrected chi connectivity index (χ4v) is 2.02. The number of hydrogen-bond donors (Lipinski definition) is 0. The summed E-state index contributed by atoms with van der Waals surface area (Å²) in [5.74, 6) is 0. The second kappa shape index (κ2) is 4.03. The molecule has 15 heavy (non-hydrogen) atoms. The minimum absolute atomic E-state index is 0.355. The highest BCUT2D eigenvalue weighted by atomic mass is 16.5. The summed E-state index contributed by atoms with van der Waals surface area (Å²) in [5, 5.41) is 13.6. The summed E-state index contributed by atoms with van der Waals surface area (Å²) in [6, 6.07) is 4.37. The van der Waals surface area contributed by atoms with Crippen molar-refractivity contribution >= 4 is 0 Å². The largest absolute Gasteiger partial charge is 0.380 e. The summed E-state index contributed by atoms with van der Waals surface area (Å²) in [6.07, 6.45) is 4.49. The topological polar surface area (TPSA) is 50.8 Å². The Balaban J connectivity index is 2.11. The third-order valence-electron chi connectivity index (χ3n) is 2.85. The molecule has 2 heterocycles. The molecule has 0 spiro atoms. The Kier molecular flexibility index (Phi) is 2.74. The Morgan fingerprint density at radius 3 is 3.13 bits per heavy atom. The van der Waals surface area contributed by atoms with Gasteiger partial charge in [0, 0.05) is 26.3 Å². The minimum Gasteiger partial charge on any atom is -0.380 e. The molecule has 1 aromatic rings. The zero-order valence-corrected chi connectivity index (χ0v) is 8.94. The molecule has 0 saturated carbocycles. The van der Waals surface area contributed by atoms with Crippen LogP contribution in [0, 0.1) is 16.7 Å². The van der Waals surface area contributed by atoms with E-state index < -0.39 is 0 Å². The van der Waals surface area contributed by atoms with Gasteiger partial charge in [-0.2, -0.15) is 10.4 Å². The van der Waals surface area contributed by atoms with Crippen LogP contribution in [0.4, 0.5) is 0 Å². The summed E-state index contributed by atoms with van der Waals surface area (Å²) in [7, 11) is 1.89. The van der Waals surface area contributed by atoms with Crippen LogP contribution in [0.1, 0.15) is 18.5 Å². The first-order chi connectivity index (χ1) is 7.24. The highest BCUT2D eigenvalue weighted by molar-refractivity contribution is 5.10. The van der Waals surface area contributed by atoms with Gasteiger partial charge >= 0.3 is 0 Å². The van der Waals surface area contributed by atoms with Crippen molar-refractivity contribution in [3.8, 4) is 6.07 Å². The van der Waals surface area contributed by atoms with E-state index in [9.17, 15) is 5.26 Å². The van der Waals surface area contributed by atoms with Crippen molar-refractivity contribution in [2.75, 3.05) is 13.2 Å². The van der Waals surface area contributed by atoms with Crippen LogP contribution in [0.3, 0.4) is 0 Å². The molecule has 1 unspecified atom stereocenters. The lowest BCUT2D eigenvalue weighted by Gasteiger charge is -2.29. The van der Waals surface area contributed by atoms with Gasteiger partial charge in [0.1, 0.15) is 0 Å². The van der Waals surface area contributed by atoms with Crippen LogP contribution < -0.4 is 0 Å². The summed E-state index contributed by atoms with van der Waals surface area (Å²) >= 11 is 0. The third kappa shape index (κ3) is 2.18. The summed E-state index contributed by atoms with van der Waals surface area (Å²) < 4.78 is 7.17. The Morgan fingerprint density at radius 1 is 1.73 bits per heavy atom. The van der Waals surface area contributed by atoms with E-state index in [1.165, 1.54) is 0 Å². The van der Waals surface area contributed by atoms with E-state index in [1.54, 1.807) is 4.68 Å². The fourth-order valence-electron chi connectivity index (χ4n) is 2.02. The highest BCUT2D eigenvalue weighted by Gasteiger charge is 2.33. The second-order valence-electron chi connectivity index (χ2n) is 4.21. The molecule has 4 heteroatoms. The van der Waals surface area contributed by atoms with Crippen LogP contribution in [0.15, 0.2) is 12.3 Å². The van der Waals surface area contributed by atoms with Crippen molar-refractivity contribution in [1.82, 2.24) is 9.78 Å². The van der Waals surface area contributed by atoms with E-state index in [2.05, 4.69) is 11.2 Å². The lowest BCUT2D eigenvalue weighted by molar-refractivity contribution is 0.0219. The first-order valence-corrected chi connectivity index (χ1v) is 5.22. The Hall–Kier alpha value is -1.34. The molecule has 0 amide bonds. The normalized spacial score (nSPS) is 26.1. The summed E-state index contributed by atoms with van der Waals surface area (Å²) in [6.45, 7) is 1.33. The molecule has 0 aromatic carbocycles. The average molecular weight is 205 g/mol. The van der Waals surface area contributed by atoms with Gasteiger partial charge in [0.2, 0.25) is 0 Å². The Labute approximate surface area is 89.5 Å². The number of rotatable bonds is 2. The molecule has 4 nitrogen and oxygen atoms in total. The SMILES string of the molecule is Cn1ccc(CC2(C#N)CCCOC2)n1. The highest BCUT2D eigenvalue weighted by Crippen LogP contribution is 2.31. The van der Waals surface area contributed by atoms with Crippen molar-refractivity contribution in [3.63, 3.8) is 0 Å². The molecule has 0 radical (unpaired) electrons. The lowest BCUT2D eigenvalue weighted by Crippen LogP contribution is -2.32. The standard InChI is InChI=1S/C11H15N3O/c1-14-5-3-10(13-14)7-11(8-12)4-2-6-15-9-11/h3,5H,2,4,6-7,9H2,1H3. The molecule has 1 aliphatic heterocycles. The van der Waals surface area contributed by atoms with Crippen LogP contribution >= 0.6 is 0 Å². The van der Waals surface area contributed by atoms with E-state index >= 15 is 0 Å². The zero-order valence-electron chi connectivity index (χ0n) is 8.94. The van der Waals surface area contributed by atoms with Gasteiger partial charge in [0.15, 0.2) is 0 Å². The van der Waals surface area contributed by atoms with Crippen LogP contribution in [0.5, 0.6) is 0 Å². The van der Waals surface area contributed by atoms with Crippen molar-refractivity contribution in [1.29, 1.82) is 5.26 Å². The molecule has 1 saturated heterocycles. The van der Waals surface area contributed by atoms with Gasteiger partial charge in [-0.1, -0.05) is 0 Å². The fraction of sp³-hybridized carbons (Fsp3) is 0.636.